The highest BCUT2D eigenvalue weighted by Gasteiger charge is 2.32. The third-order valence-corrected chi connectivity index (χ3v) is 5.62. The fourth-order valence-electron chi connectivity index (χ4n) is 3.84. The van der Waals surface area contributed by atoms with Crippen LogP contribution < -0.4 is 14.8 Å². The molecule has 0 spiro atoms. The van der Waals surface area contributed by atoms with Gasteiger partial charge in [0.1, 0.15) is 17.5 Å². The van der Waals surface area contributed by atoms with Crippen molar-refractivity contribution in [2.45, 2.75) is 32.9 Å². The predicted octanol–water partition coefficient (Wildman–Crippen LogP) is 4.94. The molecule has 0 saturated carbocycles. The van der Waals surface area contributed by atoms with Crippen LogP contribution in [0.3, 0.4) is 0 Å². The second kappa shape index (κ2) is 11.9. The van der Waals surface area contributed by atoms with E-state index in [0.29, 0.717) is 18.0 Å². The summed E-state index contributed by atoms with van der Waals surface area (Å²) in [7, 11) is 3.21. The topological polar surface area (TPSA) is 67.9 Å². The Kier molecular flexibility index (Phi) is 8.68. The van der Waals surface area contributed by atoms with Gasteiger partial charge in [0.15, 0.2) is 0 Å². The van der Waals surface area contributed by atoms with Crippen LogP contribution in [-0.2, 0) is 22.6 Å². The quantitative estimate of drug-likeness (QED) is 0.465. The molecule has 0 aliphatic heterocycles. The number of nitrogens with one attached hydrogen (secondary N) is 1. The summed E-state index contributed by atoms with van der Waals surface area (Å²) >= 11 is 0. The monoisotopic (exact) mass is 460 g/mol. The fraction of sp³-hybridized carbons (Fsp3) is 0.286. The Bertz CT molecular complexity index is 1060. The van der Waals surface area contributed by atoms with Crippen molar-refractivity contribution >= 4 is 17.5 Å². The average molecular weight is 461 g/mol. The predicted molar refractivity (Wildman–Crippen MR) is 134 cm³/mol. The zero-order valence-electron chi connectivity index (χ0n) is 20.2. The van der Waals surface area contributed by atoms with Crippen LogP contribution in [0.4, 0.5) is 5.69 Å². The molecular formula is C28H32N2O4. The number of nitrogens with zero attached hydrogens (tertiary/aromatic N) is 1. The van der Waals surface area contributed by atoms with E-state index in [1.807, 2.05) is 68.4 Å². The fourth-order valence-corrected chi connectivity index (χ4v) is 3.84. The van der Waals surface area contributed by atoms with Crippen molar-refractivity contribution in [3.05, 3.63) is 90.0 Å². The summed E-state index contributed by atoms with van der Waals surface area (Å²) in [6.07, 6.45) is 0.218. The van der Waals surface area contributed by atoms with Crippen LogP contribution in [0.5, 0.6) is 11.5 Å². The van der Waals surface area contributed by atoms with Crippen molar-refractivity contribution in [3.8, 4) is 11.5 Å². The van der Waals surface area contributed by atoms with Crippen LogP contribution in [-0.4, -0.2) is 37.0 Å². The minimum atomic E-state index is -0.652. The molecular weight excluding hydrogens is 428 g/mol. The van der Waals surface area contributed by atoms with Crippen LogP contribution in [0, 0.1) is 5.92 Å². The van der Waals surface area contributed by atoms with E-state index in [4.69, 9.17) is 9.47 Å². The highest BCUT2D eigenvalue weighted by molar-refractivity contribution is 5.97. The maximum Gasteiger partial charge on any atom is 0.247 e. The Morgan fingerprint density at radius 3 is 1.88 bits per heavy atom. The number of ether oxygens (including phenoxy) is 2. The highest BCUT2D eigenvalue weighted by atomic mass is 16.5. The van der Waals surface area contributed by atoms with Gasteiger partial charge in [-0.1, -0.05) is 56.3 Å². The van der Waals surface area contributed by atoms with E-state index in [2.05, 4.69) is 5.32 Å². The van der Waals surface area contributed by atoms with Crippen LogP contribution >= 0.6 is 0 Å². The largest absolute Gasteiger partial charge is 0.497 e. The van der Waals surface area contributed by atoms with E-state index >= 15 is 0 Å². The van der Waals surface area contributed by atoms with Gasteiger partial charge < -0.3 is 19.7 Å². The SMILES string of the molecule is COc1ccc(CN(C(=O)Cc2ccccc2)C(C(=O)Nc2ccc(OC)cc2)C(C)C)cc1. The molecule has 0 aromatic heterocycles. The second-order valence-corrected chi connectivity index (χ2v) is 8.44. The molecule has 178 valence electrons. The summed E-state index contributed by atoms with van der Waals surface area (Å²) in [5.41, 5.74) is 2.48. The van der Waals surface area contributed by atoms with Gasteiger partial charge in [0.2, 0.25) is 11.8 Å². The van der Waals surface area contributed by atoms with E-state index in [9.17, 15) is 9.59 Å². The third-order valence-electron chi connectivity index (χ3n) is 5.62. The lowest BCUT2D eigenvalue weighted by Crippen LogP contribution is -2.50. The second-order valence-electron chi connectivity index (χ2n) is 8.44. The molecule has 1 unspecified atom stereocenters. The molecule has 0 aliphatic rings. The van der Waals surface area contributed by atoms with Crippen LogP contribution in [0.15, 0.2) is 78.9 Å². The molecule has 0 aliphatic carbocycles. The van der Waals surface area contributed by atoms with Crippen molar-refractivity contribution < 1.29 is 19.1 Å². The van der Waals surface area contributed by atoms with Gasteiger partial charge in [-0.2, -0.15) is 0 Å². The molecule has 6 heteroatoms. The summed E-state index contributed by atoms with van der Waals surface area (Å²) in [5, 5.41) is 2.97. The Morgan fingerprint density at radius 2 is 1.35 bits per heavy atom. The number of hydrogen-bond donors (Lipinski definition) is 1. The molecule has 3 aromatic rings. The normalized spacial score (nSPS) is 11.6. The first kappa shape index (κ1) is 24.8. The number of hydrogen-bond acceptors (Lipinski definition) is 4. The Hall–Kier alpha value is -3.80. The average Bonchev–Trinajstić information content (AvgIpc) is 2.85. The van der Waals surface area contributed by atoms with Crippen molar-refractivity contribution in [2.75, 3.05) is 19.5 Å². The van der Waals surface area contributed by atoms with Crippen molar-refractivity contribution in [3.63, 3.8) is 0 Å². The maximum absolute atomic E-state index is 13.5. The maximum atomic E-state index is 13.5. The van der Waals surface area contributed by atoms with Gasteiger partial charge in [-0.3, -0.25) is 9.59 Å². The molecule has 0 saturated heterocycles. The summed E-state index contributed by atoms with van der Waals surface area (Å²) in [6, 6.07) is 23.6. The first-order valence-corrected chi connectivity index (χ1v) is 11.3. The minimum absolute atomic E-state index is 0.101. The number of amides is 2. The number of carbonyl (C=O) groups is 2. The van der Waals surface area contributed by atoms with Gasteiger partial charge in [0.25, 0.3) is 0 Å². The van der Waals surface area contributed by atoms with E-state index < -0.39 is 6.04 Å². The first-order chi connectivity index (χ1) is 16.4. The molecule has 0 bridgehead atoms. The van der Waals surface area contributed by atoms with Crippen molar-refractivity contribution in [1.29, 1.82) is 0 Å². The molecule has 1 atom stereocenters. The van der Waals surface area contributed by atoms with Gasteiger partial charge in [-0.15, -0.1) is 0 Å². The molecule has 0 heterocycles. The Labute approximate surface area is 201 Å². The molecule has 0 fully saturated rings. The van der Waals surface area contributed by atoms with Gasteiger partial charge >= 0.3 is 0 Å². The molecule has 34 heavy (non-hydrogen) atoms. The lowest BCUT2D eigenvalue weighted by atomic mass is 9.99. The molecule has 6 nitrogen and oxygen atoms in total. The summed E-state index contributed by atoms with van der Waals surface area (Å²) in [4.78, 5) is 28.7. The molecule has 1 N–H and O–H groups in total. The number of rotatable bonds is 10. The van der Waals surface area contributed by atoms with Gasteiger partial charge in [-0.25, -0.2) is 0 Å². The first-order valence-electron chi connectivity index (χ1n) is 11.3. The summed E-state index contributed by atoms with van der Waals surface area (Å²) < 4.78 is 10.4. The Morgan fingerprint density at radius 1 is 0.794 bits per heavy atom. The van der Waals surface area contributed by atoms with Crippen LogP contribution in [0.2, 0.25) is 0 Å². The van der Waals surface area contributed by atoms with Gasteiger partial charge in [0.05, 0.1) is 20.6 Å². The smallest absolute Gasteiger partial charge is 0.247 e. The molecule has 3 rings (SSSR count). The van der Waals surface area contributed by atoms with Crippen LogP contribution in [0.1, 0.15) is 25.0 Å². The number of anilines is 1. The summed E-state index contributed by atoms with van der Waals surface area (Å²) in [6.45, 7) is 4.22. The molecule has 0 radical (unpaired) electrons. The summed E-state index contributed by atoms with van der Waals surface area (Å²) in [5.74, 6) is 1.01. The van der Waals surface area contributed by atoms with Gasteiger partial charge in [-0.05, 0) is 53.4 Å². The standard InChI is InChI=1S/C28H32N2O4/c1-20(2)27(28(32)29-23-12-16-25(34-4)17-13-23)30(19-22-10-14-24(33-3)15-11-22)26(31)18-21-8-6-5-7-9-21/h5-17,20,27H,18-19H2,1-4H3,(H,29,32). The zero-order valence-corrected chi connectivity index (χ0v) is 20.2. The lowest BCUT2D eigenvalue weighted by Gasteiger charge is -2.34. The van der Waals surface area contributed by atoms with Crippen molar-refractivity contribution in [1.82, 2.24) is 4.90 Å². The number of benzene rings is 3. The van der Waals surface area contributed by atoms with E-state index in [0.717, 1.165) is 16.9 Å². The van der Waals surface area contributed by atoms with Crippen LogP contribution in [0.25, 0.3) is 0 Å². The third kappa shape index (κ3) is 6.61. The van der Waals surface area contributed by atoms with E-state index in [1.54, 1.807) is 43.4 Å². The van der Waals surface area contributed by atoms with E-state index in [1.165, 1.54) is 0 Å². The van der Waals surface area contributed by atoms with Crippen molar-refractivity contribution in [2.24, 2.45) is 5.92 Å². The lowest BCUT2D eigenvalue weighted by molar-refractivity contribution is -0.140. The Balaban J connectivity index is 1.88. The zero-order chi connectivity index (χ0) is 24.5. The number of carbonyl (C=O) groups excluding carboxylic acids is 2. The van der Waals surface area contributed by atoms with Gasteiger partial charge in [0, 0.05) is 12.2 Å². The molecule has 2 amide bonds. The highest BCUT2D eigenvalue weighted by Crippen LogP contribution is 2.22. The number of methoxy groups -OCH3 is 2. The molecule has 3 aromatic carbocycles. The minimum Gasteiger partial charge on any atom is -0.497 e. The van der Waals surface area contributed by atoms with E-state index in [-0.39, 0.29) is 24.2 Å².